The molecule has 0 unspecified atom stereocenters. The van der Waals surface area contributed by atoms with Gasteiger partial charge in [0.25, 0.3) is 0 Å². The van der Waals surface area contributed by atoms with E-state index in [1.165, 1.54) is 12.8 Å². The van der Waals surface area contributed by atoms with E-state index >= 15 is 0 Å². The van der Waals surface area contributed by atoms with Crippen molar-refractivity contribution in [1.82, 2.24) is 0 Å². The van der Waals surface area contributed by atoms with Gasteiger partial charge in [0.05, 0.1) is 6.61 Å². The topological polar surface area (TPSA) is 9.23 Å². The summed E-state index contributed by atoms with van der Waals surface area (Å²) in [6, 6.07) is 8.04. The lowest BCUT2D eigenvalue weighted by Gasteiger charge is -2.33. The molecule has 2 rings (SSSR count). The van der Waals surface area contributed by atoms with Crippen molar-refractivity contribution in [3.8, 4) is 5.75 Å². The largest absolute Gasteiger partial charge is 0.493 e. The number of hydrogen-bond acceptors (Lipinski definition) is 1. The highest BCUT2D eigenvalue weighted by molar-refractivity contribution is 9.10. The molecule has 0 saturated heterocycles. The van der Waals surface area contributed by atoms with Crippen LogP contribution in [0.5, 0.6) is 5.75 Å². The lowest BCUT2D eigenvalue weighted by molar-refractivity contribution is 0.116. The molecule has 1 fully saturated rings. The summed E-state index contributed by atoms with van der Waals surface area (Å²) in [5, 5.41) is 0. The molecule has 1 aliphatic carbocycles. The van der Waals surface area contributed by atoms with Crippen molar-refractivity contribution in [3.63, 3.8) is 0 Å². The molecule has 0 spiro atoms. The number of ether oxygens (including phenoxy) is 1. The lowest BCUT2D eigenvalue weighted by atomic mass is 9.75. The first-order valence-corrected chi connectivity index (χ1v) is 5.93. The van der Waals surface area contributed by atoms with Gasteiger partial charge in [-0.15, -0.1) is 0 Å². The van der Waals surface area contributed by atoms with Gasteiger partial charge in [-0.3, -0.25) is 0 Å². The van der Waals surface area contributed by atoms with Crippen LogP contribution in [-0.2, 0) is 0 Å². The molecule has 0 bridgehead atoms. The normalized spacial score (nSPS) is 25.6. The fourth-order valence-corrected chi connectivity index (χ4v) is 1.98. The SMILES string of the molecule is C[C@@H]1CC[C@H]1COc1ccc(Br)cc1. The van der Waals surface area contributed by atoms with Gasteiger partial charge >= 0.3 is 0 Å². The van der Waals surface area contributed by atoms with Gasteiger partial charge in [0.2, 0.25) is 0 Å². The average molecular weight is 255 g/mol. The van der Waals surface area contributed by atoms with Gasteiger partial charge in [-0.2, -0.15) is 0 Å². The molecule has 0 heterocycles. The monoisotopic (exact) mass is 254 g/mol. The molecular weight excluding hydrogens is 240 g/mol. The number of rotatable bonds is 3. The second kappa shape index (κ2) is 4.35. The molecule has 1 nitrogen and oxygen atoms in total. The Hall–Kier alpha value is -0.500. The van der Waals surface area contributed by atoms with Crippen LogP contribution in [-0.4, -0.2) is 6.61 Å². The molecule has 1 aromatic carbocycles. The number of hydrogen-bond donors (Lipinski definition) is 0. The lowest BCUT2D eigenvalue weighted by Crippen LogP contribution is -2.28. The molecule has 76 valence electrons. The molecule has 1 aromatic rings. The Kier molecular flexibility index (Phi) is 3.12. The van der Waals surface area contributed by atoms with Crippen LogP contribution >= 0.6 is 15.9 Å². The maximum absolute atomic E-state index is 5.71. The first-order valence-electron chi connectivity index (χ1n) is 5.14. The van der Waals surface area contributed by atoms with Gasteiger partial charge in [0.15, 0.2) is 0 Å². The van der Waals surface area contributed by atoms with E-state index in [2.05, 4.69) is 22.9 Å². The van der Waals surface area contributed by atoms with Crippen LogP contribution in [0.3, 0.4) is 0 Å². The molecule has 2 atom stereocenters. The smallest absolute Gasteiger partial charge is 0.119 e. The van der Waals surface area contributed by atoms with Crippen molar-refractivity contribution in [2.24, 2.45) is 11.8 Å². The van der Waals surface area contributed by atoms with Crippen LogP contribution < -0.4 is 4.74 Å². The minimum absolute atomic E-state index is 0.777. The first kappa shape index (κ1) is 10.0. The quantitative estimate of drug-likeness (QED) is 0.796. The van der Waals surface area contributed by atoms with Crippen LogP contribution in [0.1, 0.15) is 19.8 Å². The Balaban J connectivity index is 1.83. The van der Waals surface area contributed by atoms with E-state index in [9.17, 15) is 0 Å². The Morgan fingerprint density at radius 2 is 2.00 bits per heavy atom. The van der Waals surface area contributed by atoms with Gasteiger partial charge in [0, 0.05) is 4.47 Å². The highest BCUT2D eigenvalue weighted by Crippen LogP contribution is 2.33. The van der Waals surface area contributed by atoms with Crippen molar-refractivity contribution >= 4 is 15.9 Å². The van der Waals surface area contributed by atoms with Crippen LogP contribution in [0.2, 0.25) is 0 Å². The van der Waals surface area contributed by atoms with Gasteiger partial charge in [-0.25, -0.2) is 0 Å². The van der Waals surface area contributed by atoms with Gasteiger partial charge in [0.1, 0.15) is 5.75 Å². The number of benzene rings is 1. The van der Waals surface area contributed by atoms with E-state index < -0.39 is 0 Å². The summed E-state index contributed by atoms with van der Waals surface area (Å²) in [5.74, 6) is 2.61. The average Bonchev–Trinajstić information content (AvgIpc) is 2.19. The molecule has 0 aromatic heterocycles. The second-order valence-electron chi connectivity index (χ2n) is 4.08. The van der Waals surface area contributed by atoms with Crippen molar-refractivity contribution in [2.45, 2.75) is 19.8 Å². The minimum Gasteiger partial charge on any atom is -0.493 e. The van der Waals surface area contributed by atoms with E-state index in [0.29, 0.717) is 0 Å². The Labute approximate surface area is 93.6 Å². The van der Waals surface area contributed by atoms with Gasteiger partial charge in [-0.1, -0.05) is 22.9 Å². The first-order chi connectivity index (χ1) is 6.75. The van der Waals surface area contributed by atoms with Crippen molar-refractivity contribution in [3.05, 3.63) is 28.7 Å². The summed E-state index contributed by atoms with van der Waals surface area (Å²) >= 11 is 3.40. The predicted molar refractivity (Wildman–Crippen MR) is 61.5 cm³/mol. The molecule has 1 saturated carbocycles. The van der Waals surface area contributed by atoms with E-state index in [-0.39, 0.29) is 0 Å². The predicted octanol–water partition coefficient (Wildman–Crippen LogP) is 3.87. The van der Waals surface area contributed by atoms with Crippen LogP contribution in [0, 0.1) is 11.8 Å². The standard InChI is InChI=1S/C12H15BrO/c1-9-2-3-10(9)8-14-12-6-4-11(13)5-7-12/h4-7,9-10H,2-3,8H2,1H3/t9-,10+/m1/s1. The van der Waals surface area contributed by atoms with E-state index in [0.717, 1.165) is 28.7 Å². The summed E-state index contributed by atoms with van der Waals surface area (Å²) in [6.45, 7) is 3.18. The number of halogens is 1. The molecule has 0 amide bonds. The summed E-state index contributed by atoms with van der Waals surface area (Å²) in [7, 11) is 0. The second-order valence-corrected chi connectivity index (χ2v) is 5.00. The molecule has 0 N–H and O–H groups in total. The zero-order valence-electron chi connectivity index (χ0n) is 8.37. The third-order valence-corrected chi connectivity index (χ3v) is 3.60. The fourth-order valence-electron chi connectivity index (χ4n) is 1.72. The zero-order chi connectivity index (χ0) is 9.97. The third kappa shape index (κ3) is 2.30. The highest BCUT2D eigenvalue weighted by Gasteiger charge is 2.26. The Morgan fingerprint density at radius 1 is 1.29 bits per heavy atom. The third-order valence-electron chi connectivity index (χ3n) is 3.08. The Bertz CT molecular complexity index is 294. The minimum atomic E-state index is 0.777. The van der Waals surface area contributed by atoms with E-state index in [1.807, 2.05) is 24.3 Å². The van der Waals surface area contributed by atoms with Crippen molar-refractivity contribution in [2.75, 3.05) is 6.61 Å². The maximum Gasteiger partial charge on any atom is 0.119 e. The van der Waals surface area contributed by atoms with Crippen LogP contribution in [0.4, 0.5) is 0 Å². The summed E-state index contributed by atoms with van der Waals surface area (Å²) in [6.07, 6.45) is 2.70. The zero-order valence-corrected chi connectivity index (χ0v) is 9.96. The van der Waals surface area contributed by atoms with Crippen LogP contribution in [0.15, 0.2) is 28.7 Å². The maximum atomic E-state index is 5.71. The molecule has 1 aliphatic rings. The van der Waals surface area contributed by atoms with Gasteiger partial charge in [-0.05, 0) is 48.9 Å². The van der Waals surface area contributed by atoms with Gasteiger partial charge < -0.3 is 4.74 Å². The summed E-state index contributed by atoms with van der Waals surface area (Å²) in [5.41, 5.74) is 0. The summed E-state index contributed by atoms with van der Waals surface area (Å²) in [4.78, 5) is 0. The van der Waals surface area contributed by atoms with Crippen molar-refractivity contribution in [1.29, 1.82) is 0 Å². The molecule has 14 heavy (non-hydrogen) atoms. The fraction of sp³-hybridized carbons (Fsp3) is 0.500. The van der Waals surface area contributed by atoms with Crippen LogP contribution in [0.25, 0.3) is 0 Å². The molecule has 0 aliphatic heterocycles. The Morgan fingerprint density at radius 3 is 2.50 bits per heavy atom. The highest BCUT2D eigenvalue weighted by atomic mass is 79.9. The molecule has 2 heteroatoms. The summed E-state index contributed by atoms with van der Waals surface area (Å²) < 4.78 is 6.81. The van der Waals surface area contributed by atoms with E-state index in [4.69, 9.17) is 4.74 Å². The molecule has 0 radical (unpaired) electrons. The van der Waals surface area contributed by atoms with E-state index in [1.54, 1.807) is 0 Å². The molecular formula is C12H15BrO. The van der Waals surface area contributed by atoms with Crippen molar-refractivity contribution < 1.29 is 4.74 Å².